The quantitative estimate of drug-likeness (QED) is 0.517. The molecule has 0 aliphatic heterocycles. The van der Waals surface area contributed by atoms with Gasteiger partial charge in [0.1, 0.15) is 0 Å². The topological polar surface area (TPSA) is 66.2 Å². The summed E-state index contributed by atoms with van der Waals surface area (Å²) in [5.41, 5.74) is 2.44. The normalized spacial score (nSPS) is 11.7. The van der Waals surface area contributed by atoms with Crippen LogP contribution in [0.5, 0.6) is 0 Å². The molecule has 3 heterocycles. The van der Waals surface area contributed by atoms with Crippen molar-refractivity contribution in [2.75, 3.05) is 0 Å². The third-order valence-corrected chi connectivity index (χ3v) is 5.34. The molecule has 4 rings (SSSR count). The first kappa shape index (κ1) is 18.3. The van der Waals surface area contributed by atoms with E-state index < -0.39 is 0 Å². The second-order valence-electron chi connectivity index (χ2n) is 7.26. The fraction of sp³-hybridized carbons (Fsp3) is 0.381. The van der Waals surface area contributed by atoms with Crippen molar-refractivity contribution in [3.63, 3.8) is 0 Å². The zero-order chi connectivity index (χ0) is 19.8. The van der Waals surface area contributed by atoms with Crippen LogP contribution in [0.25, 0.3) is 16.9 Å². The minimum Gasteiger partial charge on any atom is -0.314 e. The monoisotopic (exact) mass is 379 g/mol. The maximum Gasteiger partial charge on any atom is 0.332 e. The molecular formula is C21H25N5O2. The molecule has 0 bridgehead atoms. The Hall–Kier alpha value is -3.09. The van der Waals surface area contributed by atoms with Crippen LogP contribution in [0.1, 0.15) is 31.0 Å². The van der Waals surface area contributed by atoms with Crippen LogP contribution in [0.3, 0.4) is 0 Å². The summed E-state index contributed by atoms with van der Waals surface area (Å²) in [5.74, 6) is 0.717. The maximum absolute atomic E-state index is 13.2. The summed E-state index contributed by atoms with van der Waals surface area (Å²) in [6.45, 7) is 5.35. The van der Waals surface area contributed by atoms with Gasteiger partial charge in [-0.1, -0.05) is 43.7 Å². The number of unbranched alkanes of at least 4 members (excludes halogenated alkanes) is 1. The van der Waals surface area contributed by atoms with Crippen LogP contribution in [0.15, 0.2) is 46.1 Å². The number of fused-ring (bicyclic) bond motifs is 3. The molecule has 0 aliphatic rings. The minimum absolute atomic E-state index is 0.283. The lowest BCUT2D eigenvalue weighted by molar-refractivity contribution is 0.602. The summed E-state index contributed by atoms with van der Waals surface area (Å²) >= 11 is 0. The van der Waals surface area contributed by atoms with Crippen LogP contribution < -0.4 is 11.2 Å². The lowest BCUT2D eigenvalue weighted by atomic mass is 10.1. The number of benzene rings is 1. The molecule has 28 heavy (non-hydrogen) atoms. The largest absolute Gasteiger partial charge is 0.332 e. The van der Waals surface area contributed by atoms with Gasteiger partial charge >= 0.3 is 5.69 Å². The Bertz CT molecular complexity index is 1260. The fourth-order valence-electron chi connectivity index (χ4n) is 3.73. The standard InChI is InChI=1S/C21H25N5O2/c1-4-5-12-24-15(2)14-26-17-18(22-20(24)26)23(3)21(28)25(19(17)27)13-11-16-9-7-6-8-10-16/h6-10,14H,4-5,11-13H2,1-3H3. The summed E-state index contributed by atoms with van der Waals surface area (Å²) in [5, 5.41) is 0. The number of rotatable bonds is 6. The average molecular weight is 379 g/mol. The summed E-state index contributed by atoms with van der Waals surface area (Å²) in [7, 11) is 1.68. The molecule has 0 spiro atoms. The third kappa shape index (κ3) is 2.87. The van der Waals surface area contributed by atoms with Crippen LogP contribution >= 0.6 is 0 Å². The molecule has 146 valence electrons. The predicted octanol–water partition coefficient (Wildman–Crippen LogP) is 2.50. The average Bonchev–Trinajstić information content (AvgIpc) is 3.20. The Balaban J connectivity index is 1.87. The maximum atomic E-state index is 13.2. The second-order valence-corrected chi connectivity index (χ2v) is 7.26. The molecule has 0 aliphatic carbocycles. The molecular weight excluding hydrogens is 354 g/mol. The van der Waals surface area contributed by atoms with Crippen molar-refractivity contribution in [3.8, 4) is 0 Å². The molecule has 0 amide bonds. The molecule has 0 radical (unpaired) electrons. The first-order valence-corrected chi connectivity index (χ1v) is 9.74. The number of imidazole rings is 2. The summed E-state index contributed by atoms with van der Waals surface area (Å²) in [4.78, 5) is 30.7. The van der Waals surface area contributed by atoms with Gasteiger partial charge in [-0.05, 0) is 25.3 Å². The van der Waals surface area contributed by atoms with Crippen molar-refractivity contribution in [2.24, 2.45) is 7.05 Å². The van der Waals surface area contributed by atoms with Crippen LogP contribution in [0.2, 0.25) is 0 Å². The first-order valence-electron chi connectivity index (χ1n) is 9.74. The summed E-state index contributed by atoms with van der Waals surface area (Å²) in [6.07, 6.45) is 4.68. The first-order chi connectivity index (χ1) is 13.5. The number of aryl methyl sites for hydroxylation is 4. The van der Waals surface area contributed by atoms with Gasteiger partial charge in [0.2, 0.25) is 5.78 Å². The third-order valence-electron chi connectivity index (χ3n) is 5.34. The van der Waals surface area contributed by atoms with Gasteiger partial charge in [-0.3, -0.25) is 18.3 Å². The van der Waals surface area contributed by atoms with Crippen molar-refractivity contribution in [3.05, 3.63) is 68.6 Å². The zero-order valence-electron chi connectivity index (χ0n) is 16.6. The van der Waals surface area contributed by atoms with Crippen molar-refractivity contribution >= 4 is 16.9 Å². The van der Waals surface area contributed by atoms with Crippen molar-refractivity contribution in [1.29, 1.82) is 0 Å². The van der Waals surface area contributed by atoms with Crippen LogP contribution in [0.4, 0.5) is 0 Å². The molecule has 1 aromatic carbocycles. The number of aromatic nitrogens is 5. The fourth-order valence-corrected chi connectivity index (χ4v) is 3.73. The van der Waals surface area contributed by atoms with Gasteiger partial charge < -0.3 is 4.57 Å². The molecule has 4 aromatic rings. The van der Waals surface area contributed by atoms with E-state index >= 15 is 0 Å². The highest BCUT2D eigenvalue weighted by Crippen LogP contribution is 2.17. The highest BCUT2D eigenvalue weighted by molar-refractivity contribution is 5.75. The van der Waals surface area contributed by atoms with Gasteiger partial charge in [-0.15, -0.1) is 0 Å². The Morgan fingerprint density at radius 3 is 2.50 bits per heavy atom. The lowest BCUT2D eigenvalue weighted by Gasteiger charge is -2.08. The Labute approximate surface area is 162 Å². The molecule has 0 N–H and O–H groups in total. The van der Waals surface area contributed by atoms with E-state index in [9.17, 15) is 9.59 Å². The van der Waals surface area contributed by atoms with Crippen LogP contribution in [-0.4, -0.2) is 23.1 Å². The van der Waals surface area contributed by atoms with Gasteiger partial charge in [-0.25, -0.2) is 4.79 Å². The van der Waals surface area contributed by atoms with Gasteiger partial charge in [0.25, 0.3) is 5.56 Å². The molecule has 0 atom stereocenters. The van der Waals surface area contributed by atoms with E-state index in [4.69, 9.17) is 0 Å². The summed E-state index contributed by atoms with van der Waals surface area (Å²) in [6, 6.07) is 9.88. The van der Waals surface area contributed by atoms with E-state index in [1.165, 1.54) is 9.13 Å². The van der Waals surface area contributed by atoms with E-state index in [1.54, 1.807) is 7.05 Å². The van der Waals surface area contributed by atoms with Crippen molar-refractivity contribution in [1.82, 2.24) is 23.1 Å². The molecule has 0 unspecified atom stereocenters. The Morgan fingerprint density at radius 1 is 1.04 bits per heavy atom. The van der Waals surface area contributed by atoms with E-state index in [-0.39, 0.29) is 11.2 Å². The van der Waals surface area contributed by atoms with Gasteiger partial charge in [0, 0.05) is 32.0 Å². The molecule has 0 saturated heterocycles. The number of nitrogens with zero attached hydrogens (tertiary/aromatic N) is 5. The SMILES string of the molecule is CCCCn1c(C)cn2c3c(=O)n(CCc4ccccc4)c(=O)n(C)c3nc12. The smallest absolute Gasteiger partial charge is 0.314 e. The van der Waals surface area contributed by atoms with Crippen LogP contribution in [0, 0.1) is 6.92 Å². The van der Waals surface area contributed by atoms with Crippen LogP contribution in [-0.2, 0) is 26.6 Å². The van der Waals surface area contributed by atoms with Gasteiger partial charge in [0.15, 0.2) is 11.2 Å². The highest BCUT2D eigenvalue weighted by Gasteiger charge is 2.19. The molecule has 3 aromatic heterocycles. The lowest BCUT2D eigenvalue weighted by Crippen LogP contribution is -2.39. The summed E-state index contributed by atoms with van der Waals surface area (Å²) < 4.78 is 6.75. The van der Waals surface area contributed by atoms with E-state index in [1.807, 2.05) is 47.9 Å². The highest BCUT2D eigenvalue weighted by atomic mass is 16.2. The molecule has 0 saturated carbocycles. The van der Waals surface area contributed by atoms with Gasteiger partial charge in [0.05, 0.1) is 0 Å². The molecule has 7 nitrogen and oxygen atoms in total. The number of hydrogen-bond acceptors (Lipinski definition) is 3. The van der Waals surface area contributed by atoms with Gasteiger partial charge in [-0.2, -0.15) is 4.98 Å². The van der Waals surface area contributed by atoms with E-state index in [0.29, 0.717) is 29.9 Å². The Kier molecular flexibility index (Phi) is 4.66. The van der Waals surface area contributed by atoms with E-state index in [0.717, 1.165) is 30.6 Å². The zero-order valence-corrected chi connectivity index (χ0v) is 16.6. The second kappa shape index (κ2) is 7.14. The van der Waals surface area contributed by atoms with Crippen molar-refractivity contribution < 1.29 is 0 Å². The number of hydrogen-bond donors (Lipinski definition) is 0. The van der Waals surface area contributed by atoms with Crippen molar-refractivity contribution in [2.45, 2.75) is 46.2 Å². The molecule has 7 heteroatoms. The predicted molar refractivity (Wildman–Crippen MR) is 110 cm³/mol. The minimum atomic E-state index is -0.328. The Morgan fingerprint density at radius 2 is 1.79 bits per heavy atom. The molecule has 0 fully saturated rings. The van der Waals surface area contributed by atoms with E-state index in [2.05, 4.69) is 16.5 Å².